The lowest BCUT2D eigenvalue weighted by Crippen LogP contribution is -2.88. The summed E-state index contributed by atoms with van der Waals surface area (Å²) in [5.41, 5.74) is 0.112. The molecule has 7 aliphatic carbocycles. The zero-order valence-electron chi connectivity index (χ0n) is 52.8. The van der Waals surface area contributed by atoms with Gasteiger partial charge in [-0.3, -0.25) is 0 Å². The van der Waals surface area contributed by atoms with Crippen LogP contribution in [0.1, 0.15) is 283 Å². The Hall–Kier alpha value is 0.682. The second-order valence-electron chi connectivity index (χ2n) is 29.5. The SMILES string of the molecule is C=C(C)C(=O)OCCC[Si]1(C)O[Si]2(C3CCCCCC3)O[Si]3(C4CCCCCC4)O[Si](O[Si](C)(C)C)(C4CCCCCC4)O[Si]4(C5CCCCCC5)O[Si](C5CCCCCC5)(O1)O[Si](C1CCCCCC1)(O2)O[Si](C1CCCCCC1)(O3)O4. The lowest BCUT2D eigenvalue weighted by molar-refractivity contribution is -0.139. The molecule has 0 aromatic carbocycles. The predicted octanol–water partition coefficient (Wildman–Crippen LogP) is 18.3. The van der Waals surface area contributed by atoms with Crippen molar-refractivity contribution >= 4 is 84.5 Å². The summed E-state index contributed by atoms with van der Waals surface area (Å²) in [6.07, 6.45) is 45.2. The molecule has 4 heterocycles. The van der Waals surface area contributed by atoms with Crippen LogP contribution in [0.4, 0.5) is 0 Å². The van der Waals surface area contributed by atoms with Gasteiger partial charge in [0.1, 0.15) is 0 Å². The summed E-state index contributed by atoms with van der Waals surface area (Å²) in [5, 5.41) is 0. The number of esters is 1. The third-order valence-electron chi connectivity index (χ3n) is 21.6. The van der Waals surface area contributed by atoms with Crippen molar-refractivity contribution in [2.24, 2.45) is 0 Å². The minimum atomic E-state index is -4.32. The standard InChI is InChI=1S/C60H114O14Si9/c1-52(2)60(61)62-50-35-51-76(6)64-78(54-38-23-9-10-24-39-54)68-80(56-42-27-13-14-28-43-56)66-77(63-75(3,4)5,53-36-21-7-8-22-37-53)67-81(57-44-29-15-16-30-45-57)69-79(65-76,55-40-25-11-12-26-41-55)71-82(70-78,58-46-31-17-18-32-47-58)74-83(72-80,73-81)59-48-33-19-20-34-49-59/h53-59H,1,7-51H2,2-6H3. The van der Waals surface area contributed by atoms with Gasteiger partial charge in [0.15, 0.2) is 8.32 Å². The Morgan fingerprint density at radius 3 is 0.843 bits per heavy atom. The van der Waals surface area contributed by atoms with Gasteiger partial charge in [0.25, 0.3) is 0 Å². The van der Waals surface area contributed by atoms with E-state index in [1.54, 1.807) is 6.92 Å². The number of hydrogen-bond acceptors (Lipinski definition) is 14. The minimum absolute atomic E-state index is 0.0146. The maximum Gasteiger partial charge on any atom is 0.482 e. The maximum atomic E-state index is 13.2. The first kappa shape index (κ1) is 65.2. The van der Waals surface area contributed by atoms with Crippen molar-refractivity contribution in [1.29, 1.82) is 0 Å². The quantitative estimate of drug-likeness (QED) is 0.0536. The first-order valence-corrected chi connectivity index (χ1v) is 53.8. The van der Waals surface area contributed by atoms with Crippen molar-refractivity contribution in [1.82, 2.24) is 0 Å². The van der Waals surface area contributed by atoms with Gasteiger partial charge in [-0.25, -0.2) is 4.79 Å². The van der Waals surface area contributed by atoms with Crippen molar-refractivity contribution in [2.45, 2.75) is 354 Å². The highest BCUT2D eigenvalue weighted by Gasteiger charge is 2.85. The summed E-state index contributed by atoms with van der Waals surface area (Å²) in [5.74, 6) is -0.369. The summed E-state index contributed by atoms with van der Waals surface area (Å²) in [4.78, 5) is 13.2. The molecule has 4 saturated heterocycles. The lowest BCUT2D eigenvalue weighted by atomic mass is 10.2. The molecule has 83 heavy (non-hydrogen) atoms. The highest BCUT2D eigenvalue weighted by Crippen LogP contribution is 2.64. The Bertz CT molecular complexity index is 2020. The number of carbonyl (C=O) groups is 1. The number of fused-ring (bicyclic) bond motifs is 4. The van der Waals surface area contributed by atoms with Gasteiger partial charge >= 0.3 is 76.2 Å². The van der Waals surface area contributed by atoms with Crippen molar-refractivity contribution in [3.05, 3.63) is 12.2 Å². The van der Waals surface area contributed by atoms with Gasteiger partial charge in [0.05, 0.1) is 6.61 Å². The maximum absolute atomic E-state index is 13.2. The molecule has 0 spiro atoms. The van der Waals surface area contributed by atoms with Crippen LogP contribution in [0.3, 0.4) is 0 Å². The number of rotatable bonds is 14. The van der Waals surface area contributed by atoms with E-state index < -0.39 is 78.5 Å². The lowest BCUT2D eigenvalue weighted by Gasteiger charge is -2.65. The smallest absolute Gasteiger partial charge is 0.462 e. The fourth-order valence-electron chi connectivity index (χ4n) is 17.2. The van der Waals surface area contributed by atoms with Gasteiger partial charge in [-0.15, -0.1) is 0 Å². The van der Waals surface area contributed by atoms with Gasteiger partial charge in [-0.1, -0.05) is 186 Å². The van der Waals surface area contributed by atoms with Gasteiger partial charge in [0.2, 0.25) is 0 Å². The molecule has 0 N–H and O–H groups in total. The van der Waals surface area contributed by atoms with E-state index in [-0.39, 0.29) is 51.4 Å². The van der Waals surface area contributed by atoms with Gasteiger partial charge in [-0.2, -0.15) is 0 Å². The van der Waals surface area contributed by atoms with Gasteiger partial charge in [-0.05, 0) is 135 Å². The third-order valence-corrected chi connectivity index (χ3v) is 63.7. The molecule has 0 aromatic rings. The molecule has 4 unspecified atom stereocenters. The summed E-state index contributed by atoms with van der Waals surface area (Å²) >= 11 is 0. The van der Waals surface area contributed by atoms with E-state index in [9.17, 15) is 4.79 Å². The number of hydrogen-bond donors (Lipinski definition) is 0. The van der Waals surface area contributed by atoms with E-state index in [4.69, 9.17) is 54.1 Å². The Balaban J connectivity index is 1.27. The molecule has 0 amide bonds. The van der Waals surface area contributed by atoms with E-state index in [1.807, 2.05) is 0 Å². The van der Waals surface area contributed by atoms with Crippen LogP contribution in [0.5, 0.6) is 0 Å². The number of carbonyl (C=O) groups excluding carboxylic acids is 1. The first-order chi connectivity index (χ1) is 40.0. The molecule has 0 aromatic heterocycles. The van der Waals surface area contributed by atoms with Crippen LogP contribution in [0.2, 0.25) is 71.0 Å². The molecule has 11 fully saturated rings. The van der Waals surface area contributed by atoms with Crippen molar-refractivity contribution in [3.8, 4) is 0 Å². The largest absolute Gasteiger partial charge is 0.482 e. The summed E-state index contributed by atoms with van der Waals surface area (Å²) in [6.45, 7) is 15.3. The fourth-order valence-corrected chi connectivity index (χ4v) is 75.1. The number of ether oxygens (including phenoxy) is 1. The van der Waals surface area contributed by atoms with E-state index in [0.717, 1.165) is 205 Å². The molecule has 0 radical (unpaired) electrons. The van der Waals surface area contributed by atoms with Crippen LogP contribution >= 0.6 is 0 Å². The zero-order valence-corrected chi connectivity index (χ0v) is 61.8. The van der Waals surface area contributed by atoms with Crippen LogP contribution in [0.15, 0.2) is 12.2 Å². The third kappa shape index (κ3) is 15.0. The van der Waals surface area contributed by atoms with E-state index >= 15 is 0 Å². The normalized spacial score (nSPS) is 40.3. The molecule has 11 aliphatic rings. The van der Waals surface area contributed by atoms with Crippen LogP contribution in [-0.2, 0) is 58.9 Å². The van der Waals surface area contributed by atoms with E-state index in [2.05, 4.69) is 32.8 Å². The van der Waals surface area contributed by atoms with Crippen LogP contribution in [0, 0.1) is 0 Å². The minimum Gasteiger partial charge on any atom is -0.462 e. The molecule has 6 bridgehead atoms. The molecule has 7 saturated carbocycles. The molecule has 14 nitrogen and oxygen atoms in total. The zero-order chi connectivity index (χ0) is 57.7. The molecule has 11 rings (SSSR count). The highest BCUT2D eigenvalue weighted by molar-refractivity contribution is 7.03. The Morgan fingerprint density at radius 2 is 0.602 bits per heavy atom. The second kappa shape index (κ2) is 28.3. The Kier molecular flexibility index (Phi) is 22.2. The molecule has 4 atom stereocenters. The van der Waals surface area contributed by atoms with Crippen LogP contribution in [-0.4, -0.2) is 91.1 Å². The van der Waals surface area contributed by atoms with Crippen molar-refractivity contribution < 1.29 is 58.9 Å². The van der Waals surface area contributed by atoms with Gasteiger partial charge < -0.3 is 54.1 Å². The Labute approximate surface area is 513 Å². The molecule has 474 valence electrons. The average molecular weight is 1310 g/mol. The monoisotopic (exact) mass is 1310 g/mol. The second-order valence-corrected chi connectivity index (χ2v) is 60.5. The van der Waals surface area contributed by atoms with E-state index in [1.165, 1.54) is 64.2 Å². The highest BCUT2D eigenvalue weighted by atomic mass is 28.6. The molecular formula is C60H114O14Si9. The summed E-state index contributed by atoms with van der Waals surface area (Å²) in [7, 11) is -35.9. The Morgan fingerprint density at radius 1 is 0.373 bits per heavy atom. The first-order valence-electron chi connectivity index (χ1n) is 35.3. The average Bonchev–Trinajstić information content (AvgIpc) is 1.24. The van der Waals surface area contributed by atoms with Crippen LogP contribution < -0.4 is 0 Å². The molecule has 4 aliphatic heterocycles. The van der Waals surface area contributed by atoms with Gasteiger partial charge in [0, 0.05) is 44.4 Å². The summed E-state index contributed by atoms with van der Waals surface area (Å²) in [6, 6.07) is 0.539. The summed E-state index contributed by atoms with van der Waals surface area (Å²) < 4.78 is 114. The molecule has 23 heteroatoms. The molecular weight excluding hydrogens is 1200 g/mol. The fraction of sp³-hybridized carbons (Fsp3) is 0.950. The van der Waals surface area contributed by atoms with Crippen molar-refractivity contribution in [2.75, 3.05) is 6.61 Å². The van der Waals surface area contributed by atoms with E-state index in [0.29, 0.717) is 18.0 Å². The topological polar surface area (TPSA) is 137 Å². The van der Waals surface area contributed by atoms with Crippen LogP contribution in [0.25, 0.3) is 0 Å². The predicted molar refractivity (Wildman–Crippen MR) is 344 cm³/mol. The van der Waals surface area contributed by atoms with Crippen molar-refractivity contribution in [3.63, 3.8) is 0 Å².